The maximum atomic E-state index is 13.1. The van der Waals surface area contributed by atoms with Crippen LogP contribution in [0.5, 0.6) is 0 Å². The van der Waals surface area contributed by atoms with E-state index in [1.54, 1.807) is 11.9 Å². The van der Waals surface area contributed by atoms with Crippen molar-refractivity contribution in [2.45, 2.75) is 57.0 Å². The predicted molar refractivity (Wildman–Crippen MR) is 109 cm³/mol. The Labute approximate surface area is 167 Å². The lowest BCUT2D eigenvalue weighted by atomic mass is 9.67. The Bertz CT molecular complexity index is 692. The number of hydrogen-bond acceptors (Lipinski definition) is 3. The van der Waals surface area contributed by atoms with E-state index in [0.29, 0.717) is 23.1 Å². The third-order valence-corrected chi connectivity index (χ3v) is 6.44. The summed E-state index contributed by atoms with van der Waals surface area (Å²) in [4.78, 5) is 27.2. The second-order valence-electron chi connectivity index (χ2n) is 8.37. The van der Waals surface area contributed by atoms with Gasteiger partial charge in [0.2, 0.25) is 5.91 Å². The van der Waals surface area contributed by atoms with Crippen molar-refractivity contribution in [2.75, 3.05) is 11.9 Å². The van der Waals surface area contributed by atoms with Crippen LogP contribution in [-0.2, 0) is 4.79 Å². The number of fused-ring (bicyclic) bond motifs is 2. The highest BCUT2D eigenvalue weighted by Gasteiger charge is 2.40. The topological polar surface area (TPSA) is 75.4 Å². The van der Waals surface area contributed by atoms with Crippen molar-refractivity contribution in [1.82, 2.24) is 5.32 Å². The van der Waals surface area contributed by atoms with Gasteiger partial charge in [-0.3, -0.25) is 9.59 Å². The molecule has 2 amide bonds. The van der Waals surface area contributed by atoms with Gasteiger partial charge < -0.3 is 16.0 Å². The Morgan fingerprint density at radius 1 is 1.07 bits per heavy atom. The summed E-state index contributed by atoms with van der Waals surface area (Å²) in [7, 11) is 1.78. The lowest BCUT2D eigenvalue weighted by molar-refractivity contribution is -0.119. The molecule has 1 aromatic rings. The lowest BCUT2D eigenvalue weighted by Crippen LogP contribution is -2.53. The van der Waals surface area contributed by atoms with E-state index >= 15 is 0 Å². The molecule has 27 heavy (non-hydrogen) atoms. The second kappa shape index (κ2) is 8.19. The Morgan fingerprint density at radius 3 is 2.33 bits per heavy atom. The summed E-state index contributed by atoms with van der Waals surface area (Å²) in [6, 6.07) is 7.93. The van der Waals surface area contributed by atoms with E-state index in [-0.39, 0.29) is 42.2 Å². The van der Waals surface area contributed by atoms with Crippen LogP contribution in [-0.4, -0.2) is 30.9 Å². The molecule has 3 fully saturated rings. The molecule has 2 atom stereocenters. The zero-order valence-electron chi connectivity index (χ0n) is 15.9. The first kappa shape index (κ1) is 20.2. The molecule has 0 aromatic heterocycles. The number of nitrogens with one attached hydrogen (secondary N) is 1. The van der Waals surface area contributed by atoms with E-state index in [9.17, 15) is 9.59 Å². The van der Waals surface area contributed by atoms with Crippen LogP contribution in [0.25, 0.3) is 0 Å². The maximum Gasteiger partial charge on any atom is 0.253 e. The van der Waals surface area contributed by atoms with Gasteiger partial charge in [0.25, 0.3) is 5.91 Å². The van der Waals surface area contributed by atoms with Crippen LogP contribution in [0.3, 0.4) is 0 Å². The highest BCUT2D eigenvalue weighted by Crippen LogP contribution is 2.40. The minimum Gasteiger partial charge on any atom is -0.349 e. The highest BCUT2D eigenvalue weighted by molar-refractivity contribution is 6.05. The number of benzene rings is 1. The molecule has 3 aliphatic carbocycles. The zero-order valence-corrected chi connectivity index (χ0v) is 16.7. The zero-order chi connectivity index (χ0) is 18.3. The maximum absolute atomic E-state index is 13.1. The average molecular weight is 392 g/mol. The Morgan fingerprint density at radius 2 is 1.70 bits per heavy atom. The van der Waals surface area contributed by atoms with Gasteiger partial charge in [0, 0.05) is 25.0 Å². The average Bonchev–Trinajstić information content (AvgIpc) is 3.46. The molecule has 0 saturated heterocycles. The van der Waals surface area contributed by atoms with E-state index in [0.717, 1.165) is 38.5 Å². The van der Waals surface area contributed by atoms with Gasteiger partial charge >= 0.3 is 0 Å². The third-order valence-electron chi connectivity index (χ3n) is 6.44. The summed E-state index contributed by atoms with van der Waals surface area (Å²) in [6.45, 7) is 0. The normalized spacial score (nSPS) is 29.4. The van der Waals surface area contributed by atoms with Gasteiger partial charge in [-0.1, -0.05) is 18.6 Å². The van der Waals surface area contributed by atoms with Gasteiger partial charge in [-0.2, -0.15) is 0 Å². The lowest BCUT2D eigenvalue weighted by Gasteiger charge is -2.45. The molecular weight excluding hydrogens is 362 g/mol. The molecule has 0 radical (unpaired) electrons. The van der Waals surface area contributed by atoms with Crippen molar-refractivity contribution < 1.29 is 9.59 Å². The summed E-state index contributed by atoms with van der Waals surface area (Å²) in [6.07, 6.45) is 7.47. The summed E-state index contributed by atoms with van der Waals surface area (Å²) < 4.78 is 0. The molecule has 3 saturated carbocycles. The number of hydrogen-bond donors (Lipinski definition) is 2. The number of rotatable bonds is 4. The molecule has 3 aliphatic rings. The summed E-state index contributed by atoms with van der Waals surface area (Å²) in [5, 5.41) is 3.30. The number of carbonyl (C=O) groups excluding carboxylic acids is 2. The SMILES string of the molecule is CN(C(=O)C1CC1)c1ccccc1C(=O)NC1C2CCCC1CC(N)C2.Cl. The fourth-order valence-electron chi connectivity index (χ4n) is 4.93. The summed E-state index contributed by atoms with van der Waals surface area (Å²) >= 11 is 0. The van der Waals surface area contributed by atoms with E-state index in [4.69, 9.17) is 5.73 Å². The van der Waals surface area contributed by atoms with Gasteiger partial charge in [-0.25, -0.2) is 0 Å². The first-order chi connectivity index (χ1) is 12.5. The molecule has 0 heterocycles. The van der Waals surface area contributed by atoms with Crippen molar-refractivity contribution in [2.24, 2.45) is 23.5 Å². The van der Waals surface area contributed by atoms with Crippen molar-refractivity contribution >= 4 is 29.9 Å². The number of halogens is 1. The quantitative estimate of drug-likeness (QED) is 0.827. The van der Waals surface area contributed by atoms with Crippen LogP contribution in [0.4, 0.5) is 5.69 Å². The number of carbonyl (C=O) groups is 2. The van der Waals surface area contributed by atoms with Crippen LogP contribution >= 0.6 is 12.4 Å². The van der Waals surface area contributed by atoms with E-state index in [2.05, 4.69) is 5.32 Å². The summed E-state index contributed by atoms with van der Waals surface area (Å²) in [5.41, 5.74) is 7.51. The van der Waals surface area contributed by atoms with Crippen molar-refractivity contribution in [3.05, 3.63) is 29.8 Å². The Hall–Kier alpha value is -1.59. The molecular formula is C21H30ClN3O2. The first-order valence-electron chi connectivity index (χ1n) is 9.97. The molecule has 148 valence electrons. The van der Waals surface area contributed by atoms with Crippen LogP contribution < -0.4 is 16.0 Å². The van der Waals surface area contributed by atoms with Crippen LogP contribution in [0.1, 0.15) is 55.3 Å². The third kappa shape index (κ3) is 4.14. The smallest absolute Gasteiger partial charge is 0.253 e. The van der Waals surface area contributed by atoms with Gasteiger partial charge in [0.15, 0.2) is 0 Å². The number of para-hydroxylation sites is 1. The number of anilines is 1. The van der Waals surface area contributed by atoms with Gasteiger partial charge in [0.1, 0.15) is 0 Å². The van der Waals surface area contributed by atoms with Crippen LogP contribution in [0.15, 0.2) is 24.3 Å². The minimum absolute atomic E-state index is 0. The molecule has 0 spiro atoms. The number of nitrogens with zero attached hydrogens (tertiary/aromatic N) is 1. The van der Waals surface area contributed by atoms with Gasteiger partial charge in [0.05, 0.1) is 11.3 Å². The fraction of sp³-hybridized carbons (Fsp3) is 0.619. The Kier molecular flexibility index (Phi) is 6.11. The summed E-state index contributed by atoms with van der Waals surface area (Å²) in [5.74, 6) is 1.16. The molecule has 2 unspecified atom stereocenters. The van der Waals surface area contributed by atoms with Crippen molar-refractivity contribution in [1.29, 1.82) is 0 Å². The molecule has 4 rings (SSSR count). The Balaban J connectivity index is 0.00000210. The largest absolute Gasteiger partial charge is 0.349 e. The fourth-order valence-corrected chi connectivity index (χ4v) is 4.93. The van der Waals surface area contributed by atoms with Crippen molar-refractivity contribution in [3.63, 3.8) is 0 Å². The minimum atomic E-state index is -0.0616. The predicted octanol–water partition coefficient (Wildman–Crippen LogP) is 3.12. The molecule has 5 nitrogen and oxygen atoms in total. The van der Waals surface area contributed by atoms with E-state index in [1.165, 1.54) is 6.42 Å². The number of amides is 2. The monoisotopic (exact) mass is 391 g/mol. The highest BCUT2D eigenvalue weighted by atomic mass is 35.5. The van der Waals surface area contributed by atoms with Gasteiger partial charge in [-0.05, 0) is 62.5 Å². The molecule has 3 N–H and O–H groups in total. The van der Waals surface area contributed by atoms with E-state index in [1.807, 2.05) is 24.3 Å². The molecule has 0 aliphatic heterocycles. The second-order valence-corrected chi connectivity index (χ2v) is 8.37. The van der Waals surface area contributed by atoms with E-state index < -0.39 is 0 Å². The molecule has 1 aromatic carbocycles. The van der Waals surface area contributed by atoms with Crippen LogP contribution in [0, 0.1) is 17.8 Å². The number of nitrogens with two attached hydrogens (primary N) is 1. The van der Waals surface area contributed by atoms with Crippen molar-refractivity contribution in [3.8, 4) is 0 Å². The van der Waals surface area contributed by atoms with Crippen LogP contribution in [0.2, 0.25) is 0 Å². The molecule has 6 heteroatoms. The standard InChI is InChI=1S/C21H29N3O2.ClH/c1-24(21(26)13-9-10-13)18-8-3-2-7-17(18)20(25)23-19-14-5-4-6-15(19)12-16(22)11-14;/h2-3,7-8,13-16,19H,4-6,9-12,22H2,1H3,(H,23,25);1H. The first-order valence-corrected chi connectivity index (χ1v) is 9.97. The molecule has 2 bridgehead atoms. The van der Waals surface area contributed by atoms with Gasteiger partial charge in [-0.15, -0.1) is 12.4 Å².